The molecule has 0 saturated carbocycles. The standard InChI is InChI=1S/C28H34FN7O3/c1-5-23(38)33-11-13-34(14-12-33)26-20-15-18(4)36(25-21(29)9-8-10-22(25)37)27(39)24(20)30-28(31-26)35-16-19(17-35)32(6-2)7-3/h5,8-10,15,19,37H,1,6-7,11-14,16-17H2,2-4H3. The molecule has 1 aromatic carbocycles. The topological polar surface area (TPSA) is 98.0 Å². The highest BCUT2D eigenvalue weighted by Crippen LogP contribution is 2.31. The third-order valence-corrected chi connectivity index (χ3v) is 7.75. The largest absolute Gasteiger partial charge is 0.506 e. The summed E-state index contributed by atoms with van der Waals surface area (Å²) in [5, 5.41) is 11.0. The number of phenols is 1. The number of anilines is 2. The number of piperazine rings is 1. The number of carbonyl (C=O) groups excluding carboxylic acids is 1. The molecule has 2 aliphatic rings. The van der Waals surface area contributed by atoms with Crippen molar-refractivity contribution in [2.45, 2.75) is 26.8 Å². The van der Waals surface area contributed by atoms with E-state index in [2.05, 4.69) is 30.2 Å². The van der Waals surface area contributed by atoms with Crippen molar-refractivity contribution in [1.29, 1.82) is 0 Å². The quantitative estimate of drug-likeness (QED) is 0.461. The number of carbonyl (C=O) groups is 1. The van der Waals surface area contributed by atoms with Gasteiger partial charge in [0.25, 0.3) is 5.56 Å². The number of hydrogen-bond acceptors (Lipinski definition) is 8. The highest BCUT2D eigenvalue weighted by atomic mass is 19.1. The summed E-state index contributed by atoms with van der Waals surface area (Å²) >= 11 is 0. The van der Waals surface area contributed by atoms with Crippen molar-refractivity contribution in [3.63, 3.8) is 0 Å². The minimum Gasteiger partial charge on any atom is -0.506 e. The van der Waals surface area contributed by atoms with Gasteiger partial charge in [-0.05, 0) is 44.3 Å². The lowest BCUT2D eigenvalue weighted by Gasteiger charge is -2.45. The molecule has 2 fully saturated rings. The number of nitrogens with zero attached hydrogens (tertiary/aromatic N) is 7. The van der Waals surface area contributed by atoms with Crippen LogP contribution in [0.3, 0.4) is 0 Å². The zero-order valence-electron chi connectivity index (χ0n) is 22.6. The molecule has 0 spiro atoms. The minimum absolute atomic E-state index is 0.116. The van der Waals surface area contributed by atoms with E-state index in [1.165, 1.54) is 28.8 Å². The van der Waals surface area contributed by atoms with Crippen molar-refractivity contribution in [3.8, 4) is 11.4 Å². The van der Waals surface area contributed by atoms with Crippen LogP contribution in [0.2, 0.25) is 0 Å². The van der Waals surface area contributed by atoms with Crippen molar-refractivity contribution < 1.29 is 14.3 Å². The number of para-hydroxylation sites is 1. The highest BCUT2D eigenvalue weighted by molar-refractivity contribution is 5.91. The normalized spacial score (nSPS) is 16.2. The van der Waals surface area contributed by atoms with Crippen molar-refractivity contribution in [1.82, 2.24) is 24.3 Å². The maximum absolute atomic E-state index is 14.8. The van der Waals surface area contributed by atoms with Crippen LogP contribution in [-0.2, 0) is 4.79 Å². The summed E-state index contributed by atoms with van der Waals surface area (Å²) in [5.74, 6) is -0.106. The summed E-state index contributed by atoms with van der Waals surface area (Å²) < 4.78 is 16.0. The monoisotopic (exact) mass is 535 g/mol. The van der Waals surface area contributed by atoms with Gasteiger partial charge < -0.3 is 19.8 Å². The molecule has 11 heteroatoms. The van der Waals surface area contributed by atoms with E-state index in [1.54, 1.807) is 17.9 Å². The van der Waals surface area contributed by atoms with E-state index in [9.17, 15) is 19.1 Å². The molecule has 2 aromatic heterocycles. The smallest absolute Gasteiger partial charge is 0.282 e. The second-order valence-corrected chi connectivity index (χ2v) is 9.94. The molecule has 0 atom stereocenters. The van der Waals surface area contributed by atoms with E-state index in [0.717, 1.165) is 26.2 Å². The van der Waals surface area contributed by atoms with Gasteiger partial charge in [-0.25, -0.2) is 9.37 Å². The molecule has 10 nitrogen and oxygen atoms in total. The van der Waals surface area contributed by atoms with Crippen LogP contribution in [0.25, 0.3) is 16.6 Å². The fourth-order valence-electron chi connectivity index (χ4n) is 5.52. The molecule has 0 radical (unpaired) electrons. The lowest BCUT2D eigenvalue weighted by molar-refractivity contribution is -0.126. The van der Waals surface area contributed by atoms with Gasteiger partial charge in [-0.2, -0.15) is 4.98 Å². The second-order valence-electron chi connectivity index (χ2n) is 9.94. The number of aromatic nitrogens is 3. The SMILES string of the molecule is C=CC(=O)N1CCN(c2nc(N3CC(N(CC)CC)C3)nc3c(=O)n(-c4c(O)cccc4F)c(C)cc23)CC1. The number of phenolic OH excluding ortho intramolecular Hbond substituents is 1. The van der Waals surface area contributed by atoms with Crippen LogP contribution in [0.4, 0.5) is 16.2 Å². The average molecular weight is 536 g/mol. The number of halogens is 1. The fourth-order valence-corrected chi connectivity index (χ4v) is 5.52. The average Bonchev–Trinajstić information content (AvgIpc) is 2.91. The van der Waals surface area contributed by atoms with Gasteiger partial charge in [0.1, 0.15) is 22.8 Å². The molecule has 206 valence electrons. The van der Waals surface area contributed by atoms with Crippen LogP contribution in [0.15, 0.2) is 41.7 Å². The van der Waals surface area contributed by atoms with Gasteiger partial charge in [-0.3, -0.25) is 19.1 Å². The molecular formula is C28H34FN7O3. The molecular weight excluding hydrogens is 501 g/mol. The van der Waals surface area contributed by atoms with Crippen LogP contribution >= 0.6 is 0 Å². The van der Waals surface area contributed by atoms with E-state index in [4.69, 9.17) is 9.97 Å². The Morgan fingerprint density at radius 3 is 2.46 bits per heavy atom. The molecule has 0 aliphatic carbocycles. The van der Waals surface area contributed by atoms with Crippen molar-refractivity contribution in [2.24, 2.45) is 0 Å². The predicted molar refractivity (Wildman–Crippen MR) is 149 cm³/mol. The zero-order chi connectivity index (χ0) is 27.8. The van der Waals surface area contributed by atoms with Gasteiger partial charge in [-0.1, -0.05) is 26.5 Å². The van der Waals surface area contributed by atoms with E-state index in [1.807, 2.05) is 4.90 Å². The molecule has 1 N–H and O–H groups in total. The Morgan fingerprint density at radius 2 is 1.85 bits per heavy atom. The summed E-state index contributed by atoms with van der Waals surface area (Å²) in [4.78, 5) is 43.9. The van der Waals surface area contributed by atoms with E-state index in [-0.39, 0.29) is 22.9 Å². The van der Waals surface area contributed by atoms with Crippen molar-refractivity contribution >= 4 is 28.6 Å². The van der Waals surface area contributed by atoms with Crippen LogP contribution in [-0.4, -0.2) is 93.7 Å². The van der Waals surface area contributed by atoms with E-state index in [0.29, 0.717) is 55.1 Å². The first-order valence-corrected chi connectivity index (χ1v) is 13.3. The predicted octanol–water partition coefficient (Wildman–Crippen LogP) is 2.30. The first kappa shape index (κ1) is 26.6. The van der Waals surface area contributed by atoms with Gasteiger partial charge >= 0.3 is 0 Å². The molecule has 1 amide bonds. The van der Waals surface area contributed by atoms with E-state index < -0.39 is 11.4 Å². The number of hydrogen-bond donors (Lipinski definition) is 1. The first-order chi connectivity index (χ1) is 18.8. The van der Waals surface area contributed by atoms with Crippen LogP contribution in [0, 0.1) is 12.7 Å². The number of aromatic hydroxyl groups is 1. The molecule has 3 aromatic rings. The Balaban J connectivity index is 1.62. The first-order valence-electron chi connectivity index (χ1n) is 13.3. The number of fused-ring (bicyclic) bond motifs is 1. The maximum Gasteiger partial charge on any atom is 0.282 e. The lowest BCUT2D eigenvalue weighted by atomic mass is 10.1. The maximum atomic E-state index is 14.8. The second kappa shape index (κ2) is 10.6. The number of pyridine rings is 1. The summed E-state index contributed by atoms with van der Waals surface area (Å²) in [5.41, 5.74) is -0.141. The molecule has 0 bridgehead atoms. The number of aryl methyl sites for hydroxylation is 1. The Kier molecular flexibility index (Phi) is 7.26. The molecule has 39 heavy (non-hydrogen) atoms. The molecule has 2 aliphatic heterocycles. The fraction of sp³-hybridized carbons (Fsp3) is 0.429. The van der Waals surface area contributed by atoms with Crippen molar-refractivity contribution in [3.05, 3.63) is 58.8 Å². The number of benzene rings is 1. The molecule has 2 saturated heterocycles. The third-order valence-electron chi connectivity index (χ3n) is 7.75. The Bertz CT molecular complexity index is 1450. The van der Waals surface area contributed by atoms with Gasteiger partial charge in [0, 0.05) is 51.0 Å². The number of amides is 1. The zero-order valence-corrected chi connectivity index (χ0v) is 22.6. The van der Waals surface area contributed by atoms with Crippen LogP contribution in [0.1, 0.15) is 19.5 Å². The van der Waals surface area contributed by atoms with Gasteiger partial charge in [-0.15, -0.1) is 0 Å². The van der Waals surface area contributed by atoms with Gasteiger partial charge in [0.05, 0.1) is 5.39 Å². The van der Waals surface area contributed by atoms with Gasteiger partial charge in [0.2, 0.25) is 11.9 Å². The molecule has 0 unspecified atom stereocenters. The summed E-state index contributed by atoms with van der Waals surface area (Å²) in [7, 11) is 0. The van der Waals surface area contributed by atoms with Crippen molar-refractivity contribution in [2.75, 3.05) is 62.2 Å². The third kappa shape index (κ3) is 4.71. The number of rotatable bonds is 7. The molecule has 4 heterocycles. The summed E-state index contributed by atoms with van der Waals surface area (Å²) in [6.45, 7) is 15.0. The summed E-state index contributed by atoms with van der Waals surface area (Å²) in [6, 6.07) is 6.09. The van der Waals surface area contributed by atoms with E-state index >= 15 is 0 Å². The van der Waals surface area contributed by atoms with Gasteiger partial charge in [0.15, 0.2) is 5.82 Å². The Hall–Kier alpha value is -3.99. The molecule has 5 rings (SSSR count). The highest BCUT2D eigenvalue weighted by Gasteiger charge is 2.34. The number of likely N-dealkylation sites (N-methyl/N-ethyl adjacent to an activating group) is 1. The van der Waals surface area contributed by atoms with Crippen LogP contribution in [0.5, 0.6) is 5.75 Å². The summed E-state index contributed by atoms with van der Waals surface area (Å²) in [6.07, 6.45) is 1.31. The van der Waals surface area contributed by atoms with Crippen LogP contribution < -0.4 is 15.4 Å². The Morgan fingerprint density at radius 1 is 1.15 bits per heavy atom. The Labute approximate surface area is 226 Å². The lowest BCUT2D eigenvalue weighted by Crippen LogP contribution is -2.60. The minimum atomic E-state index is -0.707.